The summed E-state index contributed by atoms with van der Waals surface area (Å²) >= 11 is 0. The minimum atomic E-state index is -0.632. The minimum absolute atomic E-state index is 0.211. The molecule has 2 aromatic rings. The van der Waals surface area contributed by atoms with Crippen molar-refractivity contribution in [2.75, 3.05) is 5.73 Å². The number of nitrogens with one attached hydrogen (secondary N) is 1. The molecule has 1 saturated heterocycles. The Morgan fingerprint density at radius 3 is 2.63 bits per heavy atom. The average Bonchev–Trinajstić information content (AvgIpc) is 2.99. The number of piperidine rings is 1. The quantitative estimate of drug-likeness (QED) is 0.633. The monoisotopic (exact) mass is 365 g/mol. The number of nitrogens with zero attached hydrogens (tertiary/aromatic N) is 1. The second-order valence-corrected chi connectivity index (χ2v) is 6.71. The topological polar surface area (TPSA) is 102 Å². The van der Waals surface area contributed by atoms with E-state index in [1.54, 1.807) is 12.1 Å². The molecule has 0 spiro atoms. The number of ether oxygens (including phenoxy) is 1. The summed E-state index contributed by atoms with van der Waals surface area (Å²) in [5.41, 5.74) is 8.65. The van der Waals surface area contributed by atoms with Gasteiger partial charge < -0.3 is 15.4 Å². The van der Waals surface area contributed by atoms with E-state index in [1.807, 2.05) is 30.3 Å². The third kappa shape index (κ3) is 3.23. The van der Waals surface area contributed by atoms with E-state index in [1.165, 1.54) is 4.90 Å². The lowest BCUT2D eigenvalue weighted by atomic mass is 10.0. The number of amides is 3. The van der Waals surface area contributed by atoms with Crippen LogP contribution in [0.1, 0.15) is 34.3 Å². The molecule has 7 heteroatoms. The van der Waals surface area contributed by atoms with E-state index in [9.17, 15) is 14.4 Å². The molecule has 27 heavy (non-hydrogen) atoms. The summed E-state index contributed by atoms with van der Waals surface area (Å²) < 4.78 is 5.93. The molecule has 3 amide bonds. The van der Waals surface area contributed by atoms with Crippen molar-refractivity contribution in [3.05, 3.63) is 59.2 Å². The van der Waals surface area contributed by atoms with Gasteiger partial charge in [-0.2, -0.15) is 0 Å². The number of carbonyl (C=O) groups excluding carboxylic acids is 3. The first-order valence-electron chi connectivity index (χ1n) is 8.76. The fraction of sp³-hybridized carbons (Fsp3) is 0.250. The van der Waals surface area contributed by atoms with Gasteiger partial charge in [0, 0.05) is 23.2 Å². The van der Waals surface area contributed by atoms with Gasteiger partial charge in [-0.3, -0.25) is 19.7 Å². The van der Waals surface area contributed by atoms with Crippen LogP contribution < -0.4 is 15.8 Å². The van der Waals surface area contributed by atoms with E-state index in [0.29, 0.717) is 36.6 Å². The highest BCUT2D eigenvalue weighted by atomic mass is 16.5. The van der Waals surface area contributed by atoms with Gasteiger partial charge in [0.25, 0.3) is 5.91 Å². The van der Waals surface area contributed by atoms with E-state index in [4.69, 9.17) is 10.5 Å². The molecule has 0 saturated carbocycles. The fourth-order valence-corrected chi connectivity index (χ4v) is 3.47. The summed E-state index contributed by atoms with van der Waals surface area (Å²) in [5, 5.41) is 2.31. The van der Waals surface area contributed by atoms with E-state index in [2.05, 4.69) is 5.32 Å². The Morgan fingerprint density at radius 2 is 1.89 bits per heavy atom. The second kappa shape index (κ2) is 6.75. The maximum absolute atomic E-state index is 12.8. The Hall–Kier alpha value is -3.35. The average molecular weight is 365 g/mol. The first kappa shape index (κ1) is 17.1. The Morgan fingerprint density at radius 1 is 1.11 bits per heavy atom. The van der Waals surface area contributed by atoms with Crippen molar-refractivity contribution in [3.63, 3.8) is 0 Å². The van der Waals surface area contributed by atoms with Crippen LogP contribution in [0.15, 0.2) is 42.5 Å². The Labute approximate surface area is 156 Å². The number of nitrogens with two attached hydrogens (primary N) is 1. The largest absolute Gasteiger partial charge is 0.489 e. The van der Waals surface area contributed by atoms with Crippen molar-refractivity contribution < 1.29 is 19.1 Å². The van der Waals surface area contributed by atoms with Gasteiger partial charge in [0.1, 0.15) is 18.4 Å². The van der Waals surface area contributed by atoms with Gasteiger partial charge in [-0.05, 0) is 36.2 Å². The molecule has 0 aliphatic carbocycles. The van der Waals surface area contributed by atoms with Crippen LogP contribution in [0.4, 0.5) is 5.69 Å². The van der Waals surface area contributed by atoms with Crippen molar-refractivity contribution in [3.8, 4) is 5.75 Å². The van der Waals surface area contributed by atoms with Gasteiger partial charge in [-0.15, -0.1) is 0 Å². The Balaban J connectivity index is 1.53. The number of hydrogen-bond donors (Lipinski definition) is 2. The van der Waals surface area contributed by atoms with Crippen molar-refractivity contribution in [2.45, 2.75) is 32.0 Å². The normalized spacial score (nSPS) is 19.0. The van der Waals surface area contributed by atoms with Crippen LogP contribution >= 0.6 is 0 Å². The zero-order chi connectivity index (χ0) is 19.0. The van der Waals surface area contributed by atoms with Crippen molar-refractivity contribution in [1.29, 1.82) is 0 Å². The molecule has 4 rings (SSSR count). The Bertz CT molecular complexity index is 923. The lowest BCUT2D eigenvalue weighted by Crippen LogP contribution is -2.52. The van der Waals surface area contributed by atoms with Gasteiger partial charge in [0.05, 0.1) is 6.54 Å². The van der Waals surface area contributed by atoms with E-state index in [0.717, 1.165) is 11.1 Å². The van der Waals surface area contributed by atoms with E-state index in [-0.39, 0.29) is 18.2 Å². The molecule has 2 aromatic carbocycles. The maximum Gasteiger partial charge on any atom is 0.255 e. The molecule has 0 radical (unpaired) electrons. The molecule has 2 aliphatic heterocycles. The predicted molar refractivity (Wildman–Crippen MR) is 97.7 cm³/mol. The zero-order valence-electron chi connectivity index (χ0n) is 14.6. The molecule has 138 valence electrons. The first-order valence-corrected chi connectivity index (χ1v) is 8.76. The summed E-state index contributed by atoms with van der Waals surface area (Å²) in [6.45, 7) is 0.641. The molecule has 7 nitrogen and oxygen atoms in total. The first-order chi connectivity index (χ1) is 13.0. The van der Waals surface area contributed by atoms with Crippen LogP contribution in [0.5, 0.6) is 5.75 Å². The standard InChI is InChI=1S/C20H19N3O4/c21-13-6-4-12(5-7-13)11-27-17-3-1-2-14-15(17)10-23(20(14)26)16-8-9-18(24)22-19(16)25/h1-7,16H,8-11,21H2,(H,22,24,25). The van der Waals surface area contributed by atoms with Crippen molar-refractivity contribution in [1.82, 2.24) is 10.2 Å². The molecular weight excluding hydrogens is 346 g/mol. The number of benzene rings is 2. The van der Waals surface area contributed by atoms with Gasteiger partial charge in [0.15, 0.2) is 0 Å². The highest BCUT2D eigenvalue weighted by Crippen LogP contribution is 2.33. The summed E-state index contributed by atoms with van der Waals surface area (Å²) in [6.07, 6.45) is 0.572. The highest BCUT2D eigenvalue weighted by Gasteiger charge is 2.40. The number of hydrogen-bond acceptors (Lipinski definition) is 5. The van der Waals surface area contributed by atoms with Crippen LogP contribution in [-0.4, -0.2) is 28.7 Å². The van der Waals surface area contributed by atoms with Crippen LogP contribution in [0, 0.1) is 0 Å². The third-order valence-corrected chi connectivity index (χ3v) is 4.91. The SMILES string of the molecule is Nc1ccc(COc2cccc3c2CN(C2CCC(=O)NC2=O)C3=O)cc1. The van der Waals surface area contributed by atoms with Gasteiger partial charge in [0.2, 0.25) is 11.8 Å². The molecule has 1 atom stereocenters. The van der Waals surface area contributed by atoms with Crippen LogP contribution in [-0.2, 0) is 22.7 Å². The number of nitrogen functional groups attached to an aromatic ring is 1. The maximum atomic E-state index is 12.8. The molecule has 3 N–H and O–H groups in total. The summed E-state index contributed by atoms with van der Waals surface area (Å²) in [6, 6.07) is 12.1. The lowest BCUT2D eigenvalue weighted by Gasteiger charge is -2.29. The van der Waals surface area contributed by atoms with Crippen LogP contribution in [0.2, 0.25) is 0 Å². The molecule has 1 fully saturated rings. The summed E-state index contributed by atoms with van der Waals surface area (Å²) in [5.74, 6) is -0.311. The number of carbonyl (C=O) groups is 3. The Kier molecular flexibility index (Phi) is 4.27. The number of rotatable bonds is 4. The molecule has 2 aliphatic rings. The van der Waals surface area contributed by atoms with Crippen molar-refractivity contribution in [2.24, 2.45) is 0 Å². The smallest absolute Gasteiger partial charge is 0.255 e. The van der Waals surface area contributed by atoms with Crippen LogP contribution in [0.3, 0.4) is 0 Å². The van der Waals surface area contributed by atoms with Gasteiger partial charge in [-0.25, -0.2) is 0 Å². The van der Waals surface area contributed by atoms with Gasteiger partial charge in [-0.1, -0.05) is 18.2 Å². The second-order valence-electron chi connectivity index (χ2n) is 6.71. The third-order valence-electron chi connectivity index (χ3n) is 4.91. The van der Waals surface area contributed by atoms with E-state index < -0.39 is 11.9 Å². The van der Waals surface area contributed by atoms with Crippen LogP contribution in [0.25, 0.3) is 0 Å². The van der Waals surface area contributed by atoms with Crippen molar-refractivity contribution >= 4 is 23.4 Å². The highest BCUT2D eigenvalue weighted by molar-refractivity contribution is 6.05. The molecular formula is C20H19N3O4. The summed E-state index contributed by atoms with van der Waals surface area (Å²) in [4.78, 5) is 37.8. The minimum Gasteiger partial charge on any atom is -0.489 e. The van der Waals surface area contributed by atoms with Gasteiger partial charge >= 0.3 is 0 Å². The molecule has 0 bridgehead atoms. The lowest BCUT2D eigenvalue weighted by molar-refractivity contribution is -0.136. The summed E-state index contributed by atoms with van der Waals surface area (Å²) in [7, 11) is 0. The number of imide groups is 1. The number of fused-ring (bicyclic) bond motifs is 1. The molecule has 1 unspecified atom stereocenters. The number of anilines is 1. The zero-order valence-corrected chi connectivity index (χ0v) is 14.6. The fourth-order valence-electron chi connectivity index (χ4n) is 3.47. The predicted octanol–water partition coefficient (Wildman–Crippen LogP) is 1.61. The van der Waals surface area contributed by atoms with E-state index >= 15 is 0 Å². The molecule has 2 heterocycles. The molecule has 0 aromatic heterocycles.